The molecular weight excluding hydrogens is 261 g/mol. The summed E-state index contributed by atoms with van der Waals surface area (Å²) >= 11 is 2.57. The quantitative estimate of drug-likeness (QED) is 0.927. The molecule has 0 atom stereocenters. The number of hydrogen-bond donors (Lipinski definition) is 1. The van der Waals surface area contributed by atoms with Crippen LogP contribution in [-0.2, 0) is 0 Å². The molecule has 0 unspecified atom stereocenters. The molecule has 0 saturated carbocycles. The maximum Gasteiger partial charge on any atom is 0.339 e. The Balaban J connectivity index is 2.39. The summed E-state index contributed by atoms with van der Waals surface area (Å²) in [6, 6.07) is 4.21. The van der Waals surface area contributed by atoms with E-state index >= 15 is 0 Å². The van der Waals surface area contributed by atoms with Crippen molar-refractivity contribution in [3.8, 4) is 0 Å². The van der Waals surface area contributed by atoms with Gasteiger partial charge in [-0.1, -0.05) is 17.8 Å². The van der Waals surface area contributed by atoms with Gasteiger partial charge in [0.25, 0.3) is 0 Å². The standard InChI is InChI=1S/C11H8FNO2S2/c1-6-5-16-11(13-6)17-8-4-2-3-7(12)9(8)10(14)15/h2-5H,1H3,(H,14,15). The normalized spacial score (nSPS) is 10.5. The molecule has 17 heavy (non-hydrogen) atoms. The second kappa shape index (κ2) is 4.85. The number of benzene rings is 1. The van der Waals surface area contributed by atoms with Gasteiger partial charge in [-0.2, -0.15) is 0 Å². The Morgan fingerprint density at radius 3 is 2.88 bits per heavy atom. The Hall–Kier alpha value is -1.40. The lowest BCUT2D eigenvalue weighted by molar-refractivity contribution is 0.0688. The molecule has 3 nitrogen and oxygen atoms in total. The highest BCUT2D eigenvalue weighted by Crippen LogP contribution is 2.33. The zero-order valence-electron chi connectivity index (χ0n) is 8.81. The average Bonchev–Trinajstić information content (AvgIpc) is 2.63. The van der Waals surface area contributed by atoms with Crippen LogP contribution in [0.15, 0.2) is 32.8 Å². The number of carboxylic acids is 1. The molecule has 6 heteroatoms. The first-order valence-corrected chi connectivity index (χ1v) is 6.39. The van der Waals surface area contributed by atoms with Gasteiger partial charge in [-0.05, 0) is 19.1 Å². The molecule has 0 spiro atoms. The lowest BCUT2D eigenvalue weighted by Crippen LogP contribution is -2.02. The number of carboxylic acid groups (broad SMARTS) is 1. The molecule has 0 radical (unpaired) electrons. The lowest BCUT2D eigenvalue weighted by Gasteiger charge is -2.04. The molecule has 2 aromatic rings. The van der Waals surface area contributed by atoms with Crippen LogP contribution < -0.4 is 0 Å². The van der Waals surface area contributed by atoms with E-state index in [1.165, 1.54) is 17.4 Å². The molecular formula is C11H8FNO2S2. The van der Waals surface area contributed by atoms with Gasteiger partial charge in [0.2, 0.25) is 0 Å². The molecule has 1 aromatic carbocycles. The first-order chi connectivity index (χ1) is 8.08. The number of hydrogen-bond acceptors (Lipinski definition) is 4. The zero-order valence-corrected chi connectivity index (χ0v) is 10.4. The van der Waals surface area contributed by atoms with Gasteiger partial charge in [-0.3, -0.25) is 0 Å². The molecule has 1 aromatic heterocycles. The van der Waals surface area contributed by atoms with Gasteiger partial charge in [0, 0.05) is 16.0 Å². The van der Waals surface area contributed by atoms with Crippen LogP contribution in [0.5, 0.6) is 0 Å². The van der Waals surface area contributed by atoms with Gasteiger partial charge in [-0.25, -0.2) is 14.2 Å². The summed E-state index contributed by atoms with van der Waals surface area (Å²) in [5, 5.41) is 10.8. The minimum Gasteiger partial charge on any atom is -0.478 e. The average molecular weight is 269 g/mol. The predicted molar refractivity (Wildman–Crippen MR) is 64.3 cm³/mol. The highest BCUT2D eigenvalue weighted by Gasteiger charge is 2.17. The molecule has 0 bridgehead atoms. The van der Waals surface area contributed by atoms with Crippen molar-refractivity contribution in [3.05, 3.63) is 40.7 Å². The Morgan fingerprint density at radius 2 is 2.29 bits per heavy atom. The SMILES string of the molecule is Cc1csc(Sc2cccc(F)c2C(=O)O)n1. The monoisotopic (exact) mass is 269 g/mol. The molecule has 1 heterocycles. The first-order valence-electron chi connectivity index (χ1n) is 4.69. The zero-order chi connectivity index (χ0) is 12.4. The van der Waals surface area contributed by atoms with Crippen LogP contribution in [0, 0.1) is 12.7 Å². The molecule has 0 aliphatic carbocycles. The fraction of sp³-hybridized carbons (Fsp3) is 0.0909. The van der Waals surface area contributed by atoms with Crippen molar-refractivity contribution in [2.45, 2.75) is 16.2 Å². The number of aromatic nitrogens is 1. The maximum absolute atomic E-state index is 13.4. The van der Waals surface area contributed by atoms with Crippen LogP contribution in [0.3, 0.4) is 0 Å². The topological polar surface area (TPSA) is 50.2 Å². The van der Waals surface area contributed by atoms with E-state index in [9.17, 15) is 9.18 Å². The Morgan fingerprint density at radius 1 is 1.53 bits per heavy atom. The van der Waals surface area contributed by atoms with Gasteiger partial charge in [0.15, 0.2) is 4.34 Å². The maximum atomic E-state index is 13.4. The number of nitrogens with zero attached hydrogens (tertiary/aromatic N) is 1. The second-order valence-electron chi connectivity index (χ2n) is 3.27. The number of aromatic carboxylic acids is 1. The Labute approximate surface area is 105 Å². The van der Waals surface area contributed by atoms with Gasteiger partial charge >= 0.3 is 5.97 Å². The van der Waals surface area contributed by atoms with Crippen LogP contribution in [0.4, 0.5) is 4.39 Å². The van der Waals surface area contributed by atoms with Crippen molar-refractivity contribution in [3.63, 3.8) is 0 Å². The summed E-state index contributed by atoms with van der Waals surface area (Å²) in [5.41, 5.74) is 0.566. The molecule has 0 amide bonds. The smallest absolute Gasteiger partial charge is 0.339 e. The van der Waals surface area contributed by atoms with Crippen molar-refractivity contribution < 1.29 is 14.3 Å². The van der Waals surface area contributed by atoms with E-state index in [2.05, 4.69) is 4.98 Å². The van der Waals surface area contributed by atoms with Crippen molar-refractivity contribution in [2.75, 3.05) is 0 Å². The van der Waals surface area contributed by atoms with Crippen LogP contribution in [0.1, 0.15) is 16.1 Å². The third-order valence-corrected chi connectivity index (χ3v) is 4.10. The molecule has 0 aliphatic rings. The summed E-state index contributed by atoms with van der Waals surface area (Å²) in [4.78, 5) is 15.5. The fourth-order valence-corrected chi connectivity index (χ4v) is 3.21. The van der Waals surface area contributed by atoms with E-state index in [1.54, 1.807) is 6.07 Å². The van der Waals surface area contributed by atoms with Crippen molar-refractivity contribution in [1.29, 1.82) is 0 Å². The molecule has 0 aliphatic heterocycles. The third kappa shape index (κ3) is 2.65. The van der Waals surface area contributed by atoms with E-state index in [4.69, 9.17) is 5.11 Å². The number of carbonyl (C=O) groups is 1. The van der Waals surface area contributed by atoms with Gasteiger partial charge in [0.1, 0.15) is 11.4 Å². The fourth-order valence-electron chi connectivity index (χ4n) is 1.27. The number of aryl methyl sites for hydroxylation is 1. The van der Waals surface area contributed by atoms with Crippen molar-refractivity contribution in [1.82, 2.24) is 4.98 Å². The molecule has 1 N–H and O–H groups in total. The van der Waals surface area contributed by atoms with Crippen LogP contribution in [-0.4, -0.2) is 16.1 Å². The highest BCUT2D eigenvalue weighted by molar-refractivity contribution is 8.01. The van der Waals surface area contributed by atoms with Gasteiger partial charge in [-0.15, -0.1) is 11.3 Å². The van der Waals surface area contributed by atoms with Crippen molar-refractivity contribution in [2.24, 2.45) is 0 Å². The minimum absolute atomic E-state index is 0.301. The van der Waals surface area contributed by atoms with E-state index < -0.39 is 11.8 Å². The third-order valence-electron chi connectivity index (χ3n) is 1.98. The largest absolute Gasteiger partial charge is 0.478 e. The minimum atomic E-state index is -1.26. The molecule has 88 valence electrons. The van der Waals surface area contributed by atoms with E-state index in [-0.39, 0.29) is 5.56 Å². The van der Waals surface area contributed by atoms with Crippen LogP contribution in [0.2, 0.25) is 0 Å². The summed E-state index contributed by atoms with van der Waals surface area (Å²) in [5.74, 6) is -1.99. The Bertz CT molecular complexity index is 568. The van der Waals surface area contributed by atoms with Crippen LogP contribution in [0.25, 0.3) is 0 Å². The number of halogens is 1. The van der Waals surface area contributed by atoms with Crippen LogP contribution >= 0.6 is 23.1 Å². The highest BCUT2D eigenvalue weighted by atomic mass is 32.2. The van der Waals surface area contributed by atoms with Crippen molar-refractivity contribution >= 4 is 29.1 Å². The number of rotatable bonds is 3. The van der Waals surface area contributed by atoms with Gasteiger partial charge < -0.3 is 5.11 Å². The number of thiazole rings is 1. The molecule has 2 rings (SSSR count). The molecule has 0 fully saturated rings. The summed E-state index contributed by atoms with van der Waals surface area (Å²) in [6.07, 6.45) is 0. The summed E-state index contributed by atoms with van der Waals surface area (Å²) < 4.78 is 14.1. The van der Waals surface area contributed by atoms with Gasteiger partial charge in [0.05, 0.1) is 0 Å². The predicted octanol–water partition coefficient (Wildman–Crippen LogP) is 3.44. The second-order valence-corrected chi connectivity index (χ2v) is 5.42. The Kier molecular flexibility index (Phi) is 3.44. The lowest BCUT2D eigenvalue weighted by atomic mass is 10.2. The first kappa shape index (κ1) is 12.1. The summed E-state index contributed by atoms with van der Waals surface area (Å²) in [7, 11) is 0. The molecule has 0 saturated heterocycles. The van der Waals surface area contributed by atoms with E-state index in [0.717, 1.165) is 23.5 Å². The summed E-state index contributed by atoms with van der Waals surface area (Å²) in [6.45, 7) is 1.85. The van der Waals surface area contributed by atoms with E-state index in [1.807, 2.05) is 12.3 Å². The van der Waals surface area contributed by atoms with E-state index in [0.29, 0.717) is 9.24 Å².